The average Bonchev–Trinajstić information content (AvgIpc) is 2.94. The van der Waals surface area contributed by atoms with Gasteiger partial charge in [-0.15, -0.1) is 11.3 Å². The molecule has 3 nitrogen and oxygen atoms in total. The normalized spacial score (nSPS) is 10.2. The number of aryl methyl sites for hydroxylation is 1. The van der Waals surface area contributed by atoms with Crippen LogP contribution in [0.3, 0.4) is 0 Å². The monoisotopic (exact) mass is 276 g/mol. The minimum absolute atomic E-state index is 0.0144. The van der Waals surface area contributed by atoms with Crippen LogP contribution in [0.1, 0.15) is 21.5 Å². The predicted octanol–water partition coefficient (Wildman–Crippen LogP) is 3.58. The molecule has 2 aromatic rings. The molecule has 1 aromatic heterocycles. The molecule has 1 heterocycles. The maximum Gasteiger partial charge on any atom is 0.210 e. The zero-order chi connectivity index (χ0) is 13.7. The van der Waals surface area contributed by atoms with E-state index >= 15 is 0 Å². The van der Waals surface area contributed by atoms with E-state index in [9.17, 15) is 4.79 Å². The van der Waals surface area contributed by atoms with Gasteiger partial charge in [0.05, 0.1) is 12.0 Å². The molecule has 0 radical (unpaired) electrons. The number of Topliss-reactive ketones (excluding diaryl/α,β-unsaturated/α-hetero) is 1. The number of hydrogen-bond donors (Lipinski definition) is 0. The van der Waals surface area contributed by atoms with Crippen LogP contribution in [-0.2, 0) is 6.42 Å². The summed E-state index contributed by atoms with van der Waals surface area (Å²) in [4.78, 5) is 13.9. The van der Waals surface area contributed by atoms with Crippen LogP contribution in [0.4, 0.5) is 0 Å². The third kappa shape index (κ3) is 3.58. The Balaban J connectivity index is 1.92. The topological polar surface area (TPSA) is 35.5 Å². The highest BCUT2D eigenvalue weighted by molar-refractivity contribution is 7.14. The van der Waals surface area contributed by atoms with Crippen molar-refractivity contribution in [3.05, 3.63) is 46.2 Å². The Morgan fingerprint density at radius 3 is 2.37 bits per heavy atom. The molecule has 2 rings (SSSR count). The van der Waals surface area contributed by atoms with Gasteiger partial charge in [-0.25, -0.2) is 0 Å². The van der Waals surface area contributed by atoms with Gasteiger partial charge in [-0.2, -0.15) is 0 Å². The lowest BCUT2D eigenvalue weighted by Crippen LogP contribution is -2.09. The smallest absolute Gasteiger partial charge is 0.210 e. The van der Waals surface area contributed by atoms with Crippen molar-refractivity contribution in [3.63, 3.8) is 0 Å². The average molecular weight is 276 g/mol. The van der Waals surface area contributed by atoms with Gasteiger partial charge in [-0.05, 0) is 42.8 Å². The van der Waals surface area contributed by atoms with Crippen LogP contribution in [0.5, 0.6) is 11.5 Å². The first kappa shape index (κ1) is 13.6. The molecule has 0 saturated heterocycles. The fraction of sp³-hybridized carbons (Fsp3) is 0.267. The van der Waals surface area contributed by atoms with Crippen molar-refractivity contribution < 1.29 is 14.3 Å². The summed E-state index contributed by atoms with van der Waals surface area (Å²) in [6, 6.07) is 11.0. The van der Waals surface area contributed by atoms with Gasteiger partial charge in [0.25, 0.3) is 0 Å². The van der Waals surface area contributed by atoms with E-state index < -0.39 is 0 Å². The second kappa shape index (κ2) is 6.38. The van der Waals surface area contributed by atoms with Crippen LogP contribution in [0, 0.1) is 0 Å². The molecule has 4 heteroatoms. The van der Waals surface area contributed by atoms with Crippen LogP contribution < -0.4 is 9.47 Å². The van der Waals surface area contributed by atoms with Crippen molar-refractivity contribution in [2.45, 2.75) is 13.3 Å². The Morgan fingerprint density at radius 2 is 1.79 bits per heavy atom. The quantitative estimate of drug-likeness (QED) is 0.756. The van der Waals surface area contributed by atoms with Crippen molar-refractivity contribution in [3.8, 4) is 11.5 Å². The number of ether oxygens (including phenoxy) is 2. The Labute approximate surface area is 116 Å². The lowest BCUT2D eigenvalue weighted by molar-refractivity contribution is 0.0925. The van der Waals surface area contributed by atoms with E-state index in [-0.39, 0.29) is 12.4 Å². The number of ketones is 1. The van der Waals surface area contributed by atoms with Gasteiger partial charge in [0.15, 0.2) is 6.61 Å². The van der Waals surface area contributed by atoms with E-state index in [0.717, 1.165) is 17.0 Å². The van der Waals surface area contributed by atoms with E-state index in [1.54, 1.807) is 31.4 Å². The first-order chi connectivity index (χ1) is 9.22. The number of benzene rings is 1. The van der Waals surface area contributed by atoms with Gasteiger partial charge < -0.3 is 9.47 Å². The van der Waals surface area contributed by atoms with Gasteiger partial charge in [-0.1, -0.05) is 6.92 Å². The summed E-state index contributed by atoms with van der Waals surface area (Å²) in [6.45, 7) is 2.14. The highest BCUT2D eigenvalue weighted by atomic mass is 32.1. The molecule has 0 aliphatic carbocycles. The lowest BCUT2D eigenvalue weighted by atomic mass is 10.3. The van der Waals surface area contributed by atoms with Crippen molar-refractivity contribution in [2.24, 2.45) is 0 Å². The van der Waals surface area contributed by atoms with Gasteiger partial charge in [0.1, 0.15) is 11.5 Å². The van der Waals surface area contributed by atoms with Crippen molar-refractivity contribution >= 4 is 17.1 Å². The second-order valence-electron chi connectivity index (χ2n) is 4.01. The fourth-order valence-corrected chi connectivity index (χ4v) is 2.48. The Bertz CT molecular complexity index is 543. The summed E-state index contributed by atoms with van der Waals surface area (Å²) >= 11 is 1.53. The fourth-order valence-electron chi connectivity index (χ4n) is 1.61. The minimum Gasteiger partial charge on any atom is -0.497 e. The van der Waals surface area contributed by atoms with Crippen LogP contribution in [0.25, 0.3) is 0 Å². The number of thiophene rings is 1. The van der Waals surface area contributed by atoms with Crippen LogP contribution in [0.15, 0.2) is 36.4 Å². The number of carbonyl (C=O) groups excluding carboxylic acids is 1. The van der Waals surface area contributed by atoms with Crippen molar-refractivity contribution in [2.75, 3.05) is 13.7 Å². The second-order valence-corrected chi connectivity index (χ2v) is 5.18. The highest BCUT2D eigenvalue weighted by Crippen LogP contribution is 2.19. The van der Waals surface area contributed by atoms with Crippen LogP contribution in [-0.4, -0.2) is 19.5 Å². The van der Waals surface area contributed by atoms with E-state index in [4.69, 9.17) is 9.47 Å². The maximum atomic E-state index is 11.9. The zero-order valence-electron chi connectivity index (χ0n) is 11.0. The van der Waals surface area contributed by atoms with Gasteiger partial charge >= 0.3 is 0 Å². The molecular formula is C15H16O3S. The minimum atomic E-state index is 0.0144. The summed E-state index contributed by atoms with van der Waals surface area (Å²) in [5.74, 6) is 1.45. The molecule has 0 aliphatic heterocycles. The molecule has 0 bridgehead atoms. The zero-order valence-corrected chi connectivity index (χ0v) is 11.8. The van der Waals surface area contributed by atoms with Gasteiger partial charge in [0, 0.05) is 4.88 Å². The SMILES string of the molecule is CCc1ccc(C(=O)COc2ccc(OC)cc2)s1. The number of methoxy groups -OCH3 is 1. The molecule has 100 valence electrons. The molecule has 19 heavy (non-hydrogen) atoms. The molecule has 0 N–H and O–H groups in total. The van der Waals surface area contributed by atoms with E-state index in [2.05, 4.69) is 6.92 Å². The summed E-state index contributed by atoms with van der Waals surface area (Å²) < 4.78 is 10.5. The molecule has 0 saturated carbocycles. The largest absolute Gasteiger partial charge is 0.497 e. The number of hydrogen-bond acceptors (Lipinski definition) is 4. The predicted molar refractivity (Wildman–Crippen MR) is 76.5 cm³/mol. The molecule has 1 aromatic carbocycles. The van der Waals surface area contributed by atoms with E-state index in [1.165, 1.54) is 16.2 Å². The maximum absolute atomic E-state index is 11.9. The first-order valence-electron chi connectivity index (χ1n) is 6.11. The molecule has 0 spiro atoms. The van der Waals surface area contributed by atoms with E-state index in [1.807, 2.05) is 12.1 Å². The summed E-state index contributed by atoms with van der Waals surface area (Å²) in [6.07, 6.45) is 0.956. The van der Waals surface area contributed by atoms with E-state index in [0.29, 0.717) is 5.75 Å². The first-order valence-corrected chi connectivity index (χ1v) is 6.93. The van der Waals surface area contributed by atoms with Crippen LogP contribution in [0.2, 0.25) is 0 Å². The van der Waals surface area contributed by atoms with Crippen LogP contribution >= 0.6 is 11.3 Å². The Morgan fingerprint density at radius 1 is 1.11 bits per heavy atom. The van der Waals surface area contributed by atoms with Crippen molar-refractivity contribution in [1.82, 2.24) is 0 Å². The summed E-state index contributed by atoms with van der Waals surface area (Å²) in [5, 5.41) is 0. The van der Waals surface area contributed by atoms with Gasteiger partial charge in [0.2, 0.25) is 5.78 Å². The lowest BCUT2D eigenvalue weighted by Gasteiger charge is -2.05. The molecule has 0 amide bonds. The van der Waals surface area contributed by atoms with Crippen molar-refractivity contribution in [1.29, 1.82) is 0 Å². The summed E-state index contributed by atoms with van der Waals surface area (Å²) in [7, 11) is 1.61. The summed E-state index contributed by atoms with van der Waals surface area (Å²) in [5.41, 5.74) is 0. The molecule has 0 fully saturated rings. The highest BCUT2D eigenvalue weighted by Gasteiger charge is 2.09. The number of rotatable bonds is 6. The van der Waals surface area contributed by atoms with Gasteiger partial charge in [-0.3, -0.25) is 4.79 Å². The third-order valence-corrected chi connectivity index (χ3v) is 3.98. The Hall–Kier alpha value is -1.81. The third-order valence-electron chi connectivity index (χ3n) is 2.71. The molecular weight excluding hydrogens is 260 g/mol. The number of carbonyl (C=O) groups is 1. The standard InChI is InChI=1S/C15H16O3S/c1-3-13-8-9-15(19-13)14(16)10-18-12-6-4-11(17-2)5-7-12/h4-9H,3,10H2,1-2H3. The molecule has 0 unspecified atom stereocenters. The Kier molecular flexibility index (Phi) is 4.58. The molecule has 0 atom stereocenters. The molecule has 0 aliphatic rings.